The molecule has 6 heteroatoms. The van der Waals surface area contributed by atoms with Crippen LogP contribution in [0.1, 0.15) is 12.0 Å². The maximum absolute atomic E-state index is 11.3. The van der Waals surface area contributed by atoms with Crippen LogP contribution in [-0.2, 0) is 16.1 Å². The van der Waals surface area contributed by atoms with Gasteiger partial charge < -0.3 is 20.3 Å². The van der Waals surface area contributed by atoms with E-state index in [-0.39, 0.29) is 5.91 Å². The van der Waals surface area contributed by atoms with Crippen LogP contribution in [-0.4, -0.2) is 46.8 Å². The number of carbonyl (C=O) groups excluding carboxylic acids is 1. The Morgan fingerprint density at radius 2 is 2.19 bits per heavy atom. The molecule has 2 N–H and O–H groups in total. The van der Waals surface area contributed by atoms with E-state index in [0.29, 0.717) is 19.6 Å². The molecule has 0 aliphatic rings. The fourth-order valence-corrected chi connectivity index (χ4v) is 2.62. The molecule has 0 fully saturated rings. The number of benzene rings is 1. The first kappa shape index (κ1) is 17.9. The van der Waals surface area contributed by atoms with E-state index in [1.165, 1.54) is 5.56 Å². The molecule has 0 aliphatic heterocycles. The largest absolute Gasteiger partial charge is 0.383 e. The minimum Gasteiger partial charge on any atom is -0.383 e. The van der Waals surface area contributed by atoms with Crippen molar-refractivity contribution in [2.75, 3.05) is 45.8 Å². The molecule has 0 atom stereocenters. The van der Waals surface area contributed by atoms with Gasteiger partial charge in [0.15, 0.2) is 0 Å². The molecule has 0 aliphatic carbocycles. The number of carbonyl (C=O) groups is 1. The Bertz CT molecular complexity index is 455. The Morgan fingerprint density at radius 1 is 1.43 bits per heavy atom. The molecular formula is C15H24BrN3O2. The third-order valence-electron chi connectivity index (χ3n) is 3.19. The minimum atomic E-state index is 0.0527. The van der Waals surface area contributed by atoms with Gasteiger partial charge in [-0.1, -0.05) is 6.07 Å². The molecule has 0 spiro atoms. The summed E-state index contributed by atoms with van der Waals surface area (Å²) in [4.78, 5) is 13.4. The van der Waals surface area contributed by atoms with E-state index in [1.807, 2.05) is 7.05 Å². The van der Waals surface area contributed by atoms with Crippen LogP contribution in [0.3, 0.4) is 0 Å². The summed E-state index contributed by atoms with van der Waals surface area (Å²) in [6.45, 7) is 3.04. The normalized spacial score (nSPS) is 10.5. The van der Waals surface area contributed by atoms with Gasteiger partial charge in [-0.05, 0) is 33.6 Å². The molecule has 0 saturated carbocycles. The van der Waals surface area contributed by atoms with Crippen molar-refractivity contribution in [1.82, 2.24) is 10.6 Å². The van der Waals surface area contributed by atoms with E-state index in [9.17, 15) is 4.79 Å². The van der Waals surface area contributed by atoms with Gasteiger partial charge in [0.25, 0.3) is 0 Å². The second-order valence-electron chi connectivity index (χ2n) is 4.80. The Balaban J connectivity index is 2.54. The smallest absolute Gasteiger partial charge is 0.221 e. The Hall–Kier alpha value is -1.11. The lowest BCUT2D eigenvalue weighted by Crippen LogP contribution is -2.26. The molecule has 1 amide bonds. The topological polar surface area (TPSA) is 53.6 Å². The molecule has 1 aromatic rings. The first-order valence-electron chi connectivity index (χ1n) is 6.98. The zero-order valence-electron chi connectivity index (χ0n) is 12.9. The van der Waals surface area contributed by atoms with Gasteiger partial charge in [-0.2, -0.15) is 0 Å². The fraction of sp³-hybridized carbons (Fsp3) is 0.533. The van der Waals surface area contributed by atoms with E-state index in [4.69, 9.17) is 4.74 Å². The van der Waals surface area contributed by atoms with Crippen molar-refractivity contribution in [3.63, 3.8) is 0 Å². The Morgan fingerprint density at radius 3 is 2.81 bits per heavy atom. The number of halogens is 1. The average molecular weight is 358 g/mol. The SMILES string of the molecule is CNC(=O)CCN(C)c1ccc(CNCCOC)cc1Br. The van der Waals surface area contributed by atoms with Gasteiger partial charge in [-0.15, -0.1) is 0 Å². The molecule has 0 bridgehead atoms. The van der Waals surface area contributed by atoms with Gasteiger partial charge in [-0.3, -0.25) is 4.79 Å². The molecule has 0 heterocycles. The van der Waals surface area contributed by atoms with E-state index in [0.717, 1.165) is 23.2 Å². The van der Waals surface area contributed by atoms with Gasteiger partial charge in [0.2, 0.25) is 5.91 Å². The Kier molecular flexibility index (Phi) is 8.34. The van der Waals surface area contributed by atoms with Crippen molar-refractivity contribution in [3.05, 3.63) is 28.2 Å². The van der Waals surface area contributed by atoms with Gasteiger partial charge >= 0.3 is 0 Å². The average Bonchev–Trinajstić information content (AvgIpc) is 2.49. The van der Waals surface area contributed by atoms with Crippen LogP contribution in [0.5, 0.6) is 0 Å². The monoisotopic (exact) mass is 357 g/mol. The van der Waals surface area contributed by atoms with E-state index < -0.39 is 0 Å². The summed E-state index contributed by atoms with van der Waals surface area (Å²) in [5.74, 6) is 0.0527. The van der Waals surface area contributed by atoms with Crippen molar-refractivity contribution >= 4 is 27.5 Å². The molecule has 1 aromatic carbocycles. The number of methoxy groups -OCH3 is 1. The van der Waals surface area contributed by atoms with Gasteiger partial charge in [0.05, 0.1) is 12.3 Å². The number of anilines is 1. The molecule has 1 rings (SSSR count). The van der Waals surface area contributed by atoms with Crippen LogP contribution in [0.15, 0.2) is 22.7 Å². The van der Waals surface area contributed by atoms with Crippen LogP contribution in [0.25, 0.3) is 0 Å². The molecular weight excluding hydrogens is 334 g/mol. The minimum absolute atomic E-state index is 0.0527. The van der Waals surface area contributed by atoms with Gasteiger partial charge in [0, 0.05) is 51.7 Å². The molecule has 0 aromatic heterocycles. The highest BCUT2D eigenvalue weighted by atomic mass is 79.9. The molecule has 0 saturated heterocycles. The van der Waals surface area contributed by atoms with Crippen molar-refractivity contribution in [3.8, 4) is 0 Å². The van der Waals surface area contributed by atoms with E-state index >= 15 is 0 Å². The van der Waals surface area contributed by atoms with Crippen LogP contribution in [0.2, 0.25) is 0 Å². The zero-order valence-corrected chi connectivity index (χ0v) is 14.5. The lowest BCUT2D eigenvalue weighted by molar-refractivity contribution is -0.120. The number of nitrogens with zero attached hydrogens (tertiary/aromatic N) is 1. The summed E-state index contributed by atoms with van der Waals surface area (Å²) in [6, 6.07) is 6.27. The second kappa shape index (κ2) is 9.76. The van der Waals surface area contributed by atoms with Gasteiger partial charge in [-0.25, -0.2) is 0 Å². The predicted molar refractivity (Wildman–Crippen MR) is 89.7 cm³/mol. The predicted octanol–water partition coefficient (Wildman–Crippen LogP) is 1.76. The molecule has 0 radical (unpaired) electrons. The van der Waals surface area contributed by atoms with E-state index in [2.05, 4.69) is 49.7 Å². The zero-order chi connectivity index (χ0) is 15.7. The van der Waals surface area contributed by atoms with Gasteiger partial charge in [0.1, 0.15) is 0 Å². The molecule has 21 heavy (non-hydrogen) atoms. The number of nitrogens with one attached hydrogen (secondary N) is 2. The first-order valence-corrected chi connectivity index (χ1v) is 7.77. The number of rotatable bonds is 9. The highest BCUT2D eigenvalue weighted by Crippen LogP contribution is 2.26. The Labute approximate surface area is 135 Å². The summed E-state index contributed by atoms with van der Waals surface area (Å²) in [7, 11) is 5.34. The van der Waals surface area contributed by atoms with Crippen molar-refractivity contribution < 1.29 is 9.53 Å². The fourth-order valence-electron chi connectivity index (χ4n) is 1.89. The first-order chi connectivity index (χ1) is 10.1. The molecule has 5 nitrogen and oxygen atoms in total. The summed E-state index contributed by atoms with van der Waals surface area (Å²) in [5, 5.41) is 5.95. The summed E-state index contributed by atoms with van der Waals surface area (Å²) >= 11 is 3.60. The lowest BCUT2D eigenvalue weighted by Gasteiger charge is -2.21. The molecule has 0 unspecified atom stereocenters. The number of hydrogen-bond acceptors (Lipinski definition) is 4. The lowest BCUT2D eigenvalue weighted by atomic mass is 10.2. The standard InChI is InChI=1S/C15H24BrN3O2/c1-17-15(20)6-8-19(2)14-5-4-12(10-13(14)16)11-18-7-9-21-3/h4-5,10,18H,6-9,11H2,1-3H3,(H,17,20). The highest BCUT2D eigenvalue weighted by molar-refractivity contribution is 9.10. The van der Waals surface area contributed by atoms with Crippen molar-refractivity contribution in [2.24, 2.45) is 0 Å². The van der Waals surface area contributed by atoms with Crippen LogP contribution in [0, 0.1) is 0 Å². The third kappa shape index (κ3) is 6.46. The molecule has 118 valence electrons. The second-order valence-corrected chi connectivity index (χ2v) is 5.65. The third-order valence-corrected chi connectivity index (χ3v) is 3.82. The number of ether oxygens (including phenoxy) is 1. The van der Waals surface area contributed by atoms with Crippen LogP contribution >= 0.6 is 15.9 Å². The van der Waals surface area contributed by atoms with E-state index in [1.54, 1.807) is 14.2 Å². The van der Waals surface area contributed by atoms with Crippen LogP contribution < -0.4 is 15.5 Å². The number of amides is 1. The van der Waals surface area contributed by atoms with Crippen molar-refractivity contribution in [2.45, 2.75) is 13.0 Å². The summed E-state index contributed by atoms with van der Waals surface area (Å²) in [5.41, 5.74) is 2.29. The van der Waals surface area contributed by atoms with Crippen LogP contribution in [0.4, 0.5) is 5.69 Å². The summed E-state index contributed by atoms with van der Waals surface area (Å²) < 4.78 is 6.03. The maximum Gasteiger partial charge on any atom is 0.221 e. The highest BCUT2D eigenvalue weighted by Gasteiger charge is 2.08. The maximum atomic E-state index is 11.3. The quantitative estimate of drug-likeness (QED) is 0.661. The van der Waals surface area contributed by atoms with Crippen molar-refractivity contribution in [1.29, 1.82) is 0 Å². The summed E-state index contributed by atoms with van der Waals surface area (Å²) in [6.07, 6.45) is 0.486. The number of hydrogen-bond donors (Lipinski definition) is 2.